The molecule has 2 unspecified atom stereocenters. The molecule has 0 saturated heterocycles. The summed E-state index contributed by atoms with van der Waals surface area (Å²) >= 11 is 0. The minimum absolute atomic E-state index is 0.0309. The molecule has 0 rings (SSSR count). The molecule has 0 aromatic heterocycles. The molecule has 46 heavy (non-hydrogen) atoms. The van der Waals surface area contributed by atoms with Gasteiger partial charge in [-0.1, -0.05) is 155 Å². The van der Waals surface area contributed by atoms with Crippen LogP contribution in [0, 0.1) is 0 Å². The van der Waals surface area contributed by atoms with E-state index in [1.165, 1.54) is 122 Å². The van der Waals surface area contributed by atoms with E-state index in [4.69, 9.17) is 18.5 Å². The van der Waals surface area contributed by atoms with E-state index in [2.05, 4.69) is 13.8 Å². The molecule has 276 valence electrons. The number of esters is 1. The normalized spacial score (nSPS) is 14.0. The standard InChI is InChI=1S/C37H76NO7P/c1-6-8-10-12-14-16-18-19-20-22-24-26-28-30-37(39)45-36(35-44-46(40,41)43-33-31-38(3,4)5)34-42-32-29-27-25-23-21-17-15-13-11-9-7-2/h36H,6-35H2,1-5H3. The summed E-state index contributed by atoms with van der Waals surface area (Å²) in [6, 6.07) is 0. The van der Waals surface area contributed by atoms with Gasteiger partial charge in [-0.25, -0.2) is 0 Å². The van der Waals surface area contributed by atoms with Crippen molar-refractivity contribution < 1.29 is 37.3 Å². The van der Waals surface area contributed by atoms with Crippen molar-refractivity contribution in [2.45, 2.75) is 180 Å². The van der Waals surface area contributed by atoms with Gasteiger partial charge in [-0.15, -0.1) is 0 Å². The van der Waals surface area contributed by atoms with Crippen molar-refractivity contribution in [3.63, 3.8) is 0 Å². The van der Waals surface area contributed by atoms with Crippen LogP contribution in [0.25, 0.3) is 0 Å². The minimum Gasteiger partial charge on any atom is -0.756 e. The molecule has 0 amide bonds. The smallest absolute Gasteiger partial charge is 0.306 e. The van der Waals surface area contributed by atoms with Gasteiger partial charge in [0, 0.05) is 13.0 Å². The quantitative estimate of drug-likeness (QED) is 0.0282. The summed E-state index contributed by atoms with van der Waals surface area (Å²) < 4.78 is 34.4. The minimum atomic E-state index is -4.51. The molecule has 0 saturated carbocycles. The van der Waals surface area contributed by atoms with Crippen molar-refractivity contribution in [3.05, 3.63) is 0 Å². The molecule has 0 aliphatic heterocycles. The highest BCUT2D eigenvalue weighted by molar-refractivity contribution is 7.45. The van der Waals surface area contributed by atoms with E-state index in [0.29, 0.717) is 24.1 Å². The third kappa shape index (κ3) is 34.8. The van der Waals surface area contributed by atoms with E-state index in [1.807, 2.05) is 21.1 Å². The van der Waals surface area contributed by atoms with E-state index in [1.54, 1.807) is 0 Å². The highest BCUT2D eigenvalue weighted by Gasteiger charge is 2.20. The van der Waals surface area contributed by atoms with Crippen LogP contribution < -0.4 is 4.89 Å². The lowest BCUT2D eigenvalue weighted by Gasteiger charge is -2.28. The Kier molecular flexibility index (Phi) is 31.4. The summed E-state index contributed by atoms with van der Waals surface area (Å²) in [4.78, 5) is 24.9. The van der Waals surface area contributed by atoms with Crippen molar-refractivity contribution in [2.24, 2.45) is 0 Å². The molecule has 0 N–H and O–H groups in total. The summed E-state index contributed by atoms with van der Waals surface area (Å²) in [7, 11) is 1.37. The average molecular weight is 678 g/mol. The van der Waals surface area contributed by atoms with Crippen LogP contribution in [-0.2, 0) is 27.9 Å². The number of ether oxygens (including phenoxy) is 2. The number of nitrogens with zero attached hydrogens (tertiary/aromatic N) is 1. The third-order valence-corrected chi connectivity index (χ3v) is 9.37. The molecule has 0 radical (unpaired) electrons. The average Bonchev–Trinajstić information content (AvgIpc) is 2.99. The zero-order valence-electron chi connectivity index (χ0n) is 31.0. The van der Waals surface area contributed by atoms with Crippen LogP contribution in [0.15, 0.2) is 0 Å². The lowest BCUT2D eigenvalue weighted by molar-refractivity contribution is -0.870. The van der Waals surface area contributed by atoms with E-state index in [-0.39, 0.29) is 25.8 Å². The molecule has 0 heterocycles. The van der Waals surface area contributed by atoms with Gasteiger partial charge >= 0.3 is 5.97 Å². The monoisotopic (exact) mass is 678 g/mol. The fourth-order valence-electron chi connectivity index (χ4n) is 5.37. The number of hydrogen-bond donors (Lipinski definition) is 0. The van der Waals surface area contributed by atoms with Crippen molar-refractivity contribution in [3.8, 4) is 0 Å². The van der Waals surface area contributed by atoms with Crippen molar-refractivity contribution in [1.82, 2.24) is 0 Å². The lowest BCUT2D eigenvalue weighted by atomic mass is 10.0. The third-order valence-electron chi connectivity index (χ3n) is 8.41. The first-order valence-electron chi connectivity index (χ1n) is 19.3. The van der Waals surface area contributed by atoms with Crippen LogP contribution in [0.4, 0.5) is 0 Å². The molecular formula is C37H76NO7P. The predicted octanol–water partition coefficient (Wildman–Crippen LogP) is 9.91. The first-order valence-corrected chi connectivity index (χ1v) is 20.7. The maximum Gasteiger partial charge on any atom is 0.306 e. The molecular weight excluding hydrogens is 601 g/mol. The van der Waals surface area contributed by atoms with Gasteiger partial charge in [0.25, 0.3) is 7.82 Å². The number of hydrogen-bond acceptors (Lipinski definition) is 7. The number of carbonyl (C=O) groups excluding carboxylic acids is 1. The van der Waals surface area contributed by atoms with Crippen LogP contribution in [-0.4, -0.2) is 70.7 Å². The predicted molar refractivity (Wildman–Crippen MR) is 190 cm³/mol. The topological polar surface area (TPSA) is 94.1 Å². The van der Waals surface area contributed by atoms with Gasteiger partial charge in [-0.05, 0) is 12.8 Å². The van der Waals surface area contributed by atoms with Gasteiger partial charge in [0.2, 0.25) is 0 Å². The van der Waals surface area contributed by atoms with Gasteiger partial charge in [-0.3, -0.25) is 9.36 Å². The van der Waals surface area contributed by atoms with Crippen LogP contribution >= 0.6 is 7.82 Å². The Morgan fingerprint density at radius 1 is 0.587 bits per heavy atom. The molecule has 0 bridgehead atoms. The van der Waals surface area contributed by atoms with Crippen molar-refractivity contribution >= 4 is 13.8 Å². The van der Waals surface area contributed by atoms with Crippen LogP contribution in [0.2, 0.25) is 0 Å². The van der Waals surface area contributed by atoms with Crippen LogP contribution in [0.1, 0.15) is 174 Å². The second-order valence-corrected chi connectivity index (χ2v) is 15.7. The Hall–Kier alpha value is -0.500. The Bertz CT molecular complexity index is 716. The fraction of sp³-hybridized carbons (Fsp3) is 0.973. The van der Waals surface area contributed by atoms with Crippen molar-refractivity contribution in [2.75, 3.05) is 54.1 Å². The van der Waals surface area contributed by atoms with E-state index in [0.717, 1.165) is 32.1 Å². The number of phosphoric acid groups is 1. The SMILES string of the molecule is CCCCCCCCCCCCCCCC(=O)OC(COCCCCCCCCCCCCC)COP(=O)([O-])OCC[N+](C)(C)C. The Balaban J connectivity index is 4.27. The molecule has 0 aliphatic rings. The molecule has 2 atom stereocenters. The molecule has 8 nitrogen and oxygen atoms in total. The Morgan fingerprint density at radius 3 is 1.43 bits per heavy atom. The van der Waals surface area contributed by atoms with Gasteiger partial charge in [0.1, 0.15) is 19.3 Å². The summed E-state index contributed by atoms with van der Waals surface area (Å²) in [5, 5.41) is 0. The number of phosphoric ester groups is 1. The van der Waals surface area contributed by atoms with Crippen LogP contribution in [0.5, 0.6) is 0 Å². The second kappa shape index (κ2) is 31.7. The number of carbonyl (C=O) groups is 1. The summed E-state index contributed by atoms with van der Waals surface area (Å²) in [5.41, 5.74) is 0. The second-order valence-electron chi connectivity index (χ2n) is 14.3. The van der Waals surface area contributed by atoms with E-state index in [9.17, 15) is 14.3 Å². The zero-order chi connectivity index (χ0) is 34.2. The van der Waals surface area contributed by atoms with Gasteiger partial charge in [0.15, 0.2) is 0 Å². The maximum atomic E-state index is 12.6. The number of likely N-dealkylation sites (N-methyl/N-ethyl adjacent to an activating group) is 1. The van der Waals surface area contributed by atoms with Gasteiger partial charge in [0.05, 0.1) is 34.4 Å². The number of quaternary nitrogens is 1. The maximum absolute atomic E-state index is 12.6. The van der Waals surface area contributed by atoms with Crippen LogP contribution in [0.3, 0.4) is 0 Å². The largest absolute Gasteiger partial charge is 0.756 e. The summed E-state index contributed by atoms with van der Waals surface area (Å²) in [6.45, 7) is 5.43. The first kappa shape index (κ1) is 45.5. The molecule has 0 aromatic rings. The van der Waals surface area contributed by atoms with E-state index < -0.39 is 13.9 Å². The zero-order valence-corrected chi connectivity index (χ0v) is 31.9. The fourth-order valence-corrected chi connectivity index (χ4v) is 6.10. The Morgan fingerprint density at radius 2 is 1.00 bits per heavy atom. The summed E-state index contributed by atoms with van der Waals surface area (Å²) in [6.07, 6.45) is 29.5. The highest BCUT2D eigenvalue weighted by atomic mass is 31.2. The first-order chi connectivity index (χ1) is 22.1. The molecule has 0 aromatic carbocycles. The van der Waals surface area contributed by atoms with Crippen molar-refractivity contribution in [1.29, 1.82) is 0 Å². The number of unbranched alkanes of at least 4 members (excludes halogenated alkanes) is 22. The number of rotatable bonds is 36. The molecule has 0 fully saturated rings. The highest BCUT2D eigenvalue weighted by Crippen LogP contribution is 2.38. The molecule has 0 aliphatic carbocycles. The molecule has 0 spiro atoms. The molecule has 9 heteroatoms. The Labute approximate surface area is 285 Å². The van der Waals surface area contributed by atoms with Gasteiger partial charge < -0.3 is 27.9 Å². The van der Waals surface area contributed by atoms with E-state index >= 15 is 0 Å². The summed E-state index contributed by atoms with van der Waals surface area (Å²) in [5.74, 6) is -0.332. The van der Waals surface area contributed by atoms with Gasteiger partial charge in [-0.2, -0.15) is 0 Å². The lowest BCUT2D eigenvalue weighted by Crippen LogP contribution is -2.37.